The van der Waals surface area contributed by atoms with E-state index in [9.17, 15) is 0 Å². The number of rotatable bonds is 5. The molecule has 0 bridgehead atoms. The monoisotopic (exact) mass is 172 g/mol. The third kappa shape index (κ3) is 6.32. The smallest absolute Gasteiger partial charge is 0.100 e. The first-order chi connectivity index (χ1) is 4.98. The quantitative estimate of drug-likeness (QED) is 0.579. The van der Waals surface area contributed by atoms with Gasteiger partial charge in [0.25, 0.3) is 0 Å². The van der Waals surface area contributed by atoms with Gasteiger partial charge in [-0.05, 0) is 5.92 Å². The van der Waals surface area contributed by atoms with Crippen molar-refractivity contribution in [2.24, 2.45) is 5.92 Å². The SMILES string of the molecule is C=C[Si](C)(C)COCC(C)C. The molecular weight excluding hydrogens is 152 g/mol. The van der Waals surface area contributed by atoms with Gasteiger partial charge >= 0.3 is 0 Å². The van der Waals surface area contributed by atoms with Crippen molar-refractivity contribution in [1.29, 1.82) is 0 Å². The lowest BCUT2D eigenvalue weighted by Gasteiger charge is -2.17. The molecule has 0 aromatic rings. The first-order valence-corrected chi connectivity index (χ1v) is 7.48. The van der Waals surface area contributed by atoms with Gasteiger partial charge < -0.3 is 4.74 Å². The Labute approximate surface area is 71.5 Å². The third-order valence-electron chi connectivity index (χ3n) is 1.48. The van der Waals surface area contributed by atoms with Crippen LogP contribution >= 0.6 is 0 Å². The molecule has 11 heavy (non-hydrogen) atoms. The summed E-state index contributed by atoms with van der Waals surface area (Å²) in [5.74, 6) is 0.643. The Morgan fingerprint density at radius 1 is 1.45 bits per heavy atom. The summed E-state index contributed by atoms with van der Waals surface area (Å²) in [7, 11) is -1.20. The highest BCUT2D eigenvalue weighted by Crippen LogP contribution is 2.04. The molecule has 0 fully saturated rings. The van der Waals surface area contributed by atoms with E-state index in [1.165, 1.54) is 0 Å². The van der Waals surface area contributed by atoms with Crippen molar-refractivity contribution in [2.75, 3.05) is 12.8 Å². The molecule has 66 valence electrons. The summed E-state index contributed by atoms with van der Waals surface area (Å²) < 4.78 is 5.54. The molecule has 0 spiro atoms. The molecule has 0 unspecified atom stereocenters. The zero-order valence-corrected chi connectivity index (χ0v) is 9.18. The second-order valence-electron chi connectivity index (χ2n) is 4.10. The molecule has 0 aliphatic rings. The van der Waals surface area contributed by atoms with Crippen molar-refractivity contribution in [3.63, 3.8) is 0 Å². The van der Waals surface area contributed by atoms with Crippen molar-refractivity contribution in [2.45, 2.75) is 26.9 Å². The van der Waals surface area contributed by atoms with E-state index < -0.39 is 8.07 Å². The van der Waals surface area contributed by atoms with Crippen molar-refractivity contribution >= 4 is 8.07 Å². The van der Waals surface area contributed by atoms with E-state index in [2.05, 4.69) is 39.2 Å². The second-order valence-corrected chi connectivity index (χ2v) is 8.78. The van der Waals surface area contributed by atoms with E-state index in [1.54, 1.807) is 0 Å². The van der Waals surface area contributed by atoms with Gasteiger partial charge in [0.15, 0.2) is 0 Å². The lowest BCUT2D eigenvalue weighted by atomic mass is 10.2. The van der Waals surface area contributed by atoms with Crippen LogP contribution in [0.2, 0.25) is 13.1 Å². The maximum absolute atomic E-state index is 5.54. The molecule has 0 atom stereocenters. The van der Waals surface area contributed by atoms with Crippen LogP contribution in [0.25, 0.3) is 0 Å². The van der Waals surface area contributed by atoms with E-state index in [0.29, 0.717) is 5.92 Å². The highest BCUT2D eigenvalue weighted by atomic mass is 28.3. The van der Waals surface area contributed by atoms with Crippen molar-refractivity contribution in [3.8, 4) is 0 Å². The van der Waals surface area contributed by atoms with E-state index in [4.69, 9.17) is 4.74 Å². The zero-order chi connectivity index (χ0) is 8.91. The van der Waals surface area contributed by atoms with Crippen LogP contribution in [-0.4, -0.2) is 20.9 Å². The molecular formula is C9H20OSi. The summed E-state index contributed by atoms with van der Waals surface area (Å²) in [5.41, 5.74) is 2.08. The fourth-order valence-electron chi connectivity index (χ4n) is 0.617. The van der Waals surface area contributed by atoms with Crippen LogP contribution in [0.4, 0.5) is 0 Å². The van der Waals surface area contributed by atoms with Crippen LogP contribution in [0.3, 0.4) is 0 Å². The van der Waals surface area contributed by atoms with E-state index >= 15 is 0 Å². The summed E-state index contributed by atoms with van der Waals surface area (Å²) in [6.07, 6.45) is 0.911. The topological polar surface area (TPSA) is 9.23 Å². The molecule has 0 saturated carbocycles. The summed E-state index contributed by atoms with van der Waals surface area (Å²) in [4.78, 5) is 0. The van der Waals surface area contributed by atoms with Gasteiger partial charge in [-0.25, -0.2) is 0 Å². The van der Waals surface area contributed by atoms with Crippen molar-refractivity contribution < 1.29 is 4.74 Å². The number of hydrogen-bond acceptors (Lipinski definition) is 1. The van der Waals surface area contributed by atoms with E-state index in [1.807, 2.05) is 0 Å². The Hall–Kier alpha value is -0.0831. The number of hydrogen-bond donors (Lipinski definition) is 0. The minimum absolute atomic E-state index is 0.643. The van der Waals surface area contributed by atoms with Gasteiger partial charge in [-0.2, -0.15) is 0 Å². The normalized spacial score (nSPS) is 12.1. The van der Waals surface area contributed by atoms with Gasteiger partial charge in [0.05, 0.1) is 0 Å². The number of ether oxygens (including phenoxy) is 1. The maximum atomic E-state index is 5.54. The van der Waals surface area contributed by atoms with Crippen LogP contribution < -0.4 is 0 Å². The molecule has 0 heterocycles. The van der Waals surface area contributed by atoms with E-state index in [-0.39, 0.29) is 0 Å². The van der Waals surface area contributed by atoms with Crippen molar-refractivity contribution in [3.05, 3.63) is 12.3 Å². The molecule has 0 aromatic heterocycles. The lowest BCUT2D eigenvalue weighted by Crippen LogP contribution is -2.30. The van der Waals surface area contributed by atoms with Crippen molar-refractivity contribution in [1.82, 2.24) is 0 Å². The molecule has 0 aliphatic heterocycles. The van der Waals surface area contributed by atoms with Crippen LogP contribution in [0.15, 0.2) is 12.3 Å². The minimum atomic E-state index is -1.20. The first-order valence-electron chi connectivity index (χ1n) is 4.19. The first kappa shape index (κ1) is 10.9. The highest BCUT2D eigenvalue weighted by Gasteiger charge is 2.15. The molecule has 0 aliphatic carbocycles. The summed E-state index contributed by atoms with van der Waals surface area (Å²) in [5, 5.41) is 0. The molecule has 0 radical (unpaired) electrons. The predicted molar refractivity (Wildman–Crippen MR) is 53.3 cm³/mol. The average molecular weight is 172 g/mol. The standard InChI is InChI=1S/C9H20OSi/c1-6-11(4,5)8-10-7-9(2)3/h6,9H,1,7-8H2,2-5H3. The van der Waals surface area contributed by atoms with Gasteiger partial charge in [0.2, 0.25) is 0 Å². The molecule has 0 amide bonds. The zero-order valence-electron chi connectivity index (χ0n) is 8.18. The molecule has 0 rings (SSSR count). The lowest BCUT2D eigenvalue weighted by molar-refractivity contribution is 0.145. The molecule has 0 aromatic carbocycles. The third-order valence-corrected chi connectivity index (χ3v) is 3.53. The Balaban J connectivity index is 3.45. The largest absolute Gasteiger partial charge is 0.384 e. The molecule has 2 heteroatoms. The van der Waals surface area contributed by atoms with E-state index in [0.717, 1.165) is 12.8 Å². The fourth-order valence-corrected chi connectivity index (χ4v) is 1.38. The predicted octanol–water partition coefficient (Wildman–Crippen LogP) is 2.63. The van der Waals surface area contributed by atoms with Crippen LogP contribution in [0, 0.1) is 5.92 Å². The van der Waals surface area contributed by atoms with Crippen LogP contribution in [-0.2, 0) is 4.74 Å². The van der Waals surface area contributed by atoms with Gasteiger partial charge in [0, 0.05) is 12.8 Å². The Morgan fingerprint density at radius 3 is 2.36 bits per heavy atom. The molecule has 0 saturated heterocycles. The van der Waals surface area contributed by atoms with Crippen LogP contribution in [0.5, 0.6) is 0 Å². The fraction of sp³-hybridized carbons (Fsp3) is 0.778. The molecule has 1 nitrogen and oxygen atoms in total. The second kappa shape index (κ2) is 4.73. The Bertz CT molecular complexity index is 119. The summed E-state index contributed by atoms with van der Waals surface area (Å²) >= 11 is 0. The Kier molecular flexibility index (Phi) is 4.69. The highest BCUT2D eigenvalue weighted by molar-refractivity contribution is 6.82. The maximum Gasteiger partial charge on any atom is 0.100 e. The van der Waals surface area contributed by atoms with Gasteiger partial charge in [-0.15, -0.1) is 6.58 Å². The van der Waals surface area contributed by atoms with Gasteiger partial charge in [-0.1, -0.05) is 32.6 Å². The average Bonchev–Trinajstić information content (AvgIpc) is 1.87. The summed E-state index contributed by atoms with van der Waals surface area (Å²) in [6, 6.07) is 0. The van der Waals surface area contributed by atoms with Crippen LogP contribution in [0.1, 0.15) is 13.8 Å². The summed E-state index contributed by atoms with van der Waals surface area (Å²) in [6.45, 7) is 13.6. The Morgan fingerprint density at radius 2 is 2.00 bits per heavy atom. The van der Waals surface area contributed by atoms with Gasteiger partial charge in [-0.3, -0.25) is 0 Å². The molecule has 0 N–H and O–H groups in total. The van der Waals surface area contributed by atoms with Gasteiger partial charge in [0.1, 0.15) is 8.07 Å². The minimum Gasteiger partial charge on any atom is -0.384 e.